The number of nitrogens with zero attached hydrogens (tertiary/aromatic N) is 2. The Balaban J connectivity index is 2.84. The van der Waals surface area contributed by atoms with Crippen molar-refractivity contribution < 1.29 is 0 Å². The van der Waals surface area contributed by atoms with E-state index in [9.17, 15) is 0 Å². The normalized spacial score (nSPS) is 12.1. The van der Waals surface area contributed by atoms with Crippen molar-refractivity contribution in [2.45, 2.75) is 52.5 Å². The molecule has 0 aliphatic rings. The van der Waals surface area contributed by atoms with Crippen molar-refractivity contribution in [2.24, 2.45) is 0 Å². The SMILES string of the molecule is CCCn1ncc(Cl)c1C(C)(C)CCNCC. The molecular weight excluding hydrogens is 234 g/mol. The van der Waals surface area contributed by atoms with Crippen LogP contribution in [0.3, 0.4) is 0 Å². The van der Waals surface area contributed by atoms with Gasteiger partial charge in [-0.1, -0.05) is 39.3 Å². The highest BCUT2D eigenvalue weighted by molar-refractivity contribution is 6.31. The number of aryl methyl sites for hydroxylation is 1. The maximum absolute atomic E-state index is 6.27. The summed E-state index contributed by atoms with van der Waals surface area (Å²) >= 11 is 6.27. The summed E-state index contributed by atoms with van der Waals surface area (Å²) in [5.41, 5.74) is 1.23. The molecule has 1 aromatic heterocycles. The van der Waals surface area contributed by atoms with Gasteiger partial charge in [0.1, 0.15) is 0 Å². The van der Waals surface area contributed by atoms with Gasteiger partial charge in [0.25, 0.3) is 0 Å². The fraction of sp³-hybridized carbons (Fsp3) is 0.769. The zero-order chi connectivity index (χ0) is 12.9. The predicted octanol–water partition coefficient (Wildman–Crippen LogP) is 3.22. The van der Waals surface area contributed by atoms with Gasteiger partial charge in [0.15, 0.2) is 0 Å². The molecule has 1 N–H and O–H groups in total. The molecule has 0 bridgehead atoms. The highest BCUT2D eigenvalue weighted by atomic mass is 35.5. The van der Waals surface area contributed by atoms with Crippen LogP contribution in [0.4, 0.5) is 0 Å². The van der Waals surface area contributed by atoms with E-state index in [1.165, 1.54) is 5.69 Å². The Labute approximate surface area is 110 Å². The molecule has 98 valence electrons. The third kappa shape index (κ3) is 3.71. The Morgan fingerprint density at radius 1 is 1.41 bits per heavy atom. The molecule has 0 aliphatic carbocycles. The van der Waals surface area contributed by atoms with E-state index < -0.39 is 0 Å². The van der Waals surface area contributed by atoms with Gasteiger partial charge in [-0.15, -0.1) is 0 Å². The lowest BCUT2D eigenvalue weighted by Crippen LogP contribution is -2.28. The summed E-state index contributed by atoms with van der Waals surface area (Å²) in [4.78, 5) is 0. The summed E-state index contributed by atoms with van der Waals surface area (Å²) in [5.74, 6) is 0. The molecule has 0 saturated carbocycles. The third-order valence-electron chi connectivity index (χ3n) is 3.05. The molecular formula is C13H24ClN3. The second-order valence-electron chi connectivity index (χ2n) is 5.05. The van der Waals surface area contributed by atoms with E-state index in [-0.39, 0.29) is 5.41 Å². The van der Waals surface area contributed by atoms with E-state index in [1.54, 1.807) is 6.20 Å². The largest absolute Gasteiger partial charge is 0.317 e. The average Bonchev–Trinajstić information content (AvgIpc) is 2.61. The number of nitrogens with one attached hydrogen (secondary N) is 1. The number of aromatic nitrogens is 2. The highest BCUT2D eigenvalue weighted by Crippen LogP contribution is 2.32. The first-order chi connectivity index (χ1) is 8.03. The molecule has 17 heavy (non-hydrogen) atoms. The zero-order valence-corrected chi connectivity index (χ0v) is 12.1. The molecule has 0 fully saturated rings. The second-order valence-corrected chi connectivity index (χ2v) is 5.46. The minimum absolute atomic E-state index is 0.0604. The molecule has 1 aromatic rings. The first-order valence-corrected chi connectivity index (χ1v) is 6.83. The van der Waals surface area contributed by atoms with E-state index in [2.05, 4.69) is 38.1 Å². The van der Waals surface area contributed by atoms with E-state index in [0.29, 0.717) is 0 Å². The smallest absolute Gasteiger partial charge is 0.0823 e. The standard InChI is InChI=1S/C13H24ClN3/c1-5-9-17-12(11(14)10-16-17)13(3,4)7-8-15-6-2/h10,15H,5-9H2,1-4H3. The van der Waals surface area contributed by atoms with Crippen molar-refractivity contribution >= 4 is 11.6 Å². The van der Waals surface area contributed by atoms with E-state index in [0.717, 1.165) is 37.5 Å². The maximum atomic E-state index is 6.27. The van der Waals surface area contributed by atoms with Crippen LogP contribution in [-0.2, 0) is 12.0 Å². The molecule has 0 unspecified atom stereocenters. The van der Waals surface area contributed by atoms with Crippen molar-refractivity contribution in [1.29, 1.82) is 0 Å². The summed E-state index contributed by atoms with van der Waals surface area (Å²) in [7, 11) is 0. The molecule has 0 spiro atoms. The Kier molecular flexibility index (Phi) is 5.47. The summed E-state index contributed by atoms with van der Waals surface area (Å²) in [5, 5.41) is 8.52. The van der Waals surface area contributed by atoms with Crippen molar-refractivity contribution in [3.8, 4) is 0 Å². The van der Waals surface area contributed by atoms with Gasteiger partial charge >= 0.3 is 0 Å². The fourth-order valence-corrected chi connectivity index (χ4v) is 2.51. The van der Waals surface area contributed by atoms with Crippen molar-refractivity contribution in [1.82, 2.24) is 15.1 Å². The zero-order valence-electron chi connectivity index (χ0n) is 11.4. The molecule has 0 aliphatic heterocycles. The molecule has 1 heterocycles. The van der Waals surface area contributed by atoms with Crippen molar-refractivity contribution in [3.05, 3.63) is 16.9 Å². The van der Waals surface area contributed by atoms with E-state index >= 15 is 0 Å². The molecule has 0 radical (unpaired) electrons. The predicted molar refractivity (Wildman–Crippen MR) is 73.7 cm³/mol. The average molecular weight is 258 g/mol. The third-order valence-corrected chi connectivity index (χ3v) is 3.32. The first kappa shape index (κ1) is 14.5. The lowest BCUT2D eigenvalue weighted by molar-refractivity contribution is 0.412. The van der Waals surface area contributed by atoms with Crippen LogP contribution in [0.1, 0.15) is 46.2 Å². The van der Waals surface area contributed by atoms with Gasteiger partial charge in [-0.3, -0.25) is 4.68 Å². The lowest BCUT2D eigenvalue weighted by Gasteiger charge is -2.26. The Hall–Kier alpha value is -0.540. The summed E-state index contributed by atoms with van der Waals surface area (Å²) < 4.78 is 2.05. The molecule has 0 aromatic carbocycles. The molecule has 3 nitrogen and oxygen atoms in total. The van der Waals surface area contributed by atoms with Crippen LogP contribution in [0.15, 0.2) is 6.20 Å². The topological polar surface area (TPSA) is 29.9 Å². The number of hydrogen-bond donors (Lipinski definition) is 1. The number of rotatable bonds is 7. The maximum Gasteiger partial charge on any atom is 0.0823 e. The van der Waals surface area contributed by atoms with Gasteiger partial charge in [0.2, 0.25) is 0 Å². The first-order valence-electron chi connectivity index (χ1n) is 6.45. The van der Waals surface area contributed by atoms with Crippen LogP contribution in [0, 0.1) is 0 Å². The van der Waals surface area contributed by atoms with Crippen LogP contribution in [0.5, 0.6) is 0 Å². The molecule has 4 heteroatoms. The van der Waals surface area contributed by atoms with Crippen LogP contribution < -0.4 is 5.32 Å². The van der Waals surface area contributed by atoms with Gasteiger partial charge < -0.3 is 5.32 Å². The number of hydrogen-bond acceptors (Lipinski definition) is 2. The van der Waals surface area contributed by atoms with Crippen molar-refractivity contribution in [2.75, 3.05) is 13.1 Å². The van der Waals surface area contributed by atoms with E-state index in [1.807, 2.05) is 4.68 Å². The quantitative estimate of drug-likeness (QED) is 0.760. The Morgan fingerprint density at radius 3 is 2.71 bits per heavy atom. The van der Waals surface area contributed by atoms with Crippen molar-refractivity contribution in [3.63, 3.8) is 0 Å². The summed E-state index contributed by atoms with van der Waals surface area (Å²) in [6.45, 7) is 11.7. The van der Waals surface area contributed by atoms with Crippen LogP contribution >= 0.6 is 11.6 Å². The second kappa shape index (κ2) is 6.41. The lowest BCUT2D eigenvalue weighted by atomic mass is 9.85. The number of halogens is 1. The van der Waals surface area contributed by atoms with Crippen LogP contribution in [-0.4, -0.2) is 22.9 Å². The van der Waals surface area contributed by atoms with Crippen LogP contribution in [0.2, 0.25) is 5.02 Å². The minimum atomic E-state index is 0.0604. The fourth-order valence-electron chi connectivity index (χ4n) is 2.11. The minimum Gasteiger partial charge on any atom is -0.317 e. The van der Waals surface area contributed by atoms with Gasteiger partial charge in [-0.2, -0.15) is 5.10 Å². The molecule has 0 amide bonds. The van der Waals surface area contributed by atoms with Gasteiger partial charge in [-0.25, -0.2) is 0 Å². The van der Waals surface area contributed by atoms with Gasteiger partial charge in [0, 0.05) is 12.0 Å². The van der Waals surface area contributed by atoms with Crippen LogP contribution in [0.25, 0.3) is 0 Å². The van der Waals surface area contributed by atoms with Gasteiger partial charge in [0.05, 0.1) is 16.9 Å². The summed E-state index contributed by atoms with van der Waals surface area (Å²) in [6, 6.07) is 0. The monoisotopic (exact) mass is 257 g/mol. The Morgan fingerprint density at radius 2 is 2.12 bits per heavy atom. The molecule has 1 rings (SSSR count). The molecule has 0 atom stereocenters. The van der Waals surface area contributed by atoms with E-state index in [4.69, 9.17) is 11.6 Å². The summed E-state index contributed by atoms with van der Waals surface area (Å²) in [6.07, 6.45) is 3.91. The van der Waals surface area contributed by atoms with Gasteiger partial charge in [-0.05, 0) is 25.9 Å². The Bertz CT molecular complexity index is 344. The molecule has 0 saturated heterocycles. The highest BCUT2D eigenvalue weighted by Gasteiger charge is 2.27.